The van der Waals surface area contributed by atoms with Crippen LogP contribution in [0, 0.1) is 0 Å². The Morgan fingerprint density at radius 3 is 2.57 bits per heavy atom. The van der Waals surface area contributed by atoms with Crippen LogP contribution in [0.15, 0.2) is 47.6 Å². The van der Waals surface area contributed by atoms with E-state index in [-0.39, 0.29) is 21.0 Å². The van der Waals surface area contributed by atoms with Gasteiger partial charge in [0.15, 0.2) is 0 Å². The molecule has 1 aliphatic heterocycles. The number of nitrogens with one attached hydrogen (secondary N) is 1. The Bertz CT molecular complexity index is 779. The maximum atomic E-state index is 13.1. The van der Waals surface area contributed by atoms with Crippen molar-refractivity contribution in [2.24, 2.45) is 0 Å². The number of piperazine rings is 1. The Morgan fingerprint density at radius 2 is 1.91 bits per heavy atom. The quantitative estimate of drug-likeness (QED) is 0.900. The van der Waals surface area contributed by atoms with Crippen LogP contribution in [0.3, 0.4) is 0 Å². The lowest BCUT2D eigenvalue weighted by atomic mass is 10.1. The van der Waals surface area contributed by atoms with Crippen LogP contribution in [0.25, 0.3) is 0 Å². The number of nitrogens with zero attached hydrogens (tertiary/aromatic N) is 2. The molecule has 0 saturated carbocycles. The maximum Gasteiger partial charge on any atom is 0.246 e. The van der Waals surface area contributed by atoms with Gasteiger partial charge in [0, 0.05) is 32.0 Å². The molecule has 1 unspecified atom stereocenters. The minimum atomic E-state index is -3.82. The third kappa shape index (κ3) is 3.22. The zero-order valence-electron chi connectivity index (χ0n) is 12.1. The summed E-state index contributed by atoms with van der Waals surface area (Å²) in [5.74, 6) is 0. The van der Waals surface area contributed by atoms with Crippen molar-refractivity contribution >= 4 is 33.2 Å². The van der Waals surface area contributed by atoms with Gasteiger partial charge in [-0.2, -0.15) is 4.31 Å². The average molecular weight is 372 g/mol. The summed E-state index contributed by atoms with van der Waals surface area (Å²) in [5, 5.41) is 3.47. The summed E-state index contributed by atoms with van der Waals surface area (Å²) < 4.78 is 27.7. The van der Waals surface area contributed by atoms with Gasteiger partial charge in [0.1, 0.15) is 4.90 Å². The Hall–Kier alpha value is -1.18. The molecule has 122 valence electrons. The normalized spacial score (nSPS) is 19.7. The van der Waals surface area contributed by atoms with E-state index in [1.54, 1.807) is 24.5 Å². The van der Waals surface area contributed by atoms with Gasteiger partial charge in [0.05, 0.1) is 16.1 Å². The molecule has 3 rings (SSSR count). The third-order valence-corrected chi connectivity index (χ3v) is 6.61. The lowest BCUT2D eigenvalue weighted by Gasteiger charge is -2.35. The standard InChI is InChI=1S/C15H15Cl2N3O2S/c16-12-4-1-5-13(17)15(12)23(21,22)20-8-7-19-10-14(20)11-3-2-6-18-9-11/h1-6,9,14,19H,7-8,10H2. The van der Waals surface area contributed by atoms with Crippen molar-refractivity contribution in [1.29, 1.82) is 0 Å². The third-order valence-electron chi connectivity index (χ3n) is 3.75. The van der Waals surface area contributed by atoms with E-state index in [0.29, 0.717) is 19.6 Å². The molecule has 2 heterocycles. The molecule has 0 spiro atoms. The monoisotopic (exact) mass is 371 g/mol. The molecule has 0 radical (unpaired) electrons. The Labute approximate surface area is 145 Å². The first kappa shape index (κ1) is 16.7. The highest BCUT2D eigenvalue weighted by atomic mass is 35.5. The van der Waals surface area contributed by atoms with Gasteiger partial charge in [-0.05, 0) is 23.8 Å². The predicted molar refractivity (Wildman–Crippen MR) is 90.2 cm³/mol. The molecule has 1 atom stereocenters. The summed E-state index contributed by atoms with van der Waals surface area (Å²) in [6, 6.07) is 7.98. The van der Waals surface area contributed by atoms with Crippen LogP contribution in [0.1, 0.15) is 11.6 Å². The van der Waals surface area contributed by atoms with Crippen molar-refractivity contribution in [2.75, 3.05) is 19.6 Å². The van der Waals surface area contributed by atoms with Crippen LogP contribution in [0.4, 0.5) is 0 Å². The number of aromatic nitrogens is 1. The molecule has 1 N–H and O–H groups in total. The fourth-order valence-corrected chi connectivity index (χ4v) is 5.39. The minimum absolute atomic E-state index is 0.0425. The van der Waals surface area contributed by atoms with Crippen LogP contribution in [-0.2, 0) is 10.0 Å². The average Bonchev–Trinajstić information content (AvgIpc) is 2.55. The van der Waals surface area contributed by atoms with E-state index in [2.05, 4.69) is 10.3 Å². The fraction of sp³-hybridized carbons (Fsp3) is 0.267. The zero-order chi connectivity index (χ0) is 16.4. The molecule has 0 bridgehead atoms. The van der Waals surface area contributed by atoms with Crippen LogP contribution in [-0.4, -0.2) is 37.3 Å². The SMILES string of the molecule is O=S(=O)(c1c(Cl)cccc1Cl)N1CCNCC1c1cccnc1. The summed E-state index contributed by atoms with van der Waals surface area (Å²) in [7, 11) is -3.82. The molecular weight excluding hydrogens is 357 g/mol. The van der Waals surface area contributed by atoms with E-state index in [4.69, 9.17) is 23.2 Å². The van der Waals surface area contributed by atoms with Crippen molar-refractivity contribution < 1.29 is 8.42 Å². The summed E-state index contributed by atoms with van der Waals surface area (Å²) in [5.41, 5.74) is 0.825. The lowest BCUT2D eigenvalue weighted by Crippen LogP contribution is -2.48. The van der Waals surface area contributed by atoms with Gasteiger partial charge in [-0.3, -0.25) is 4.98 Å². The first-order valence-corrected chi connectivity index (χ1v) is 9.28. The van der Waals surface area contributed by atoms with E-state index in [1.165, 1.54) is 16.4 Å². The van der Waals surface area contributed by atoms with E-state index < -0.39 is 10.0 Å². The second-order valence-corrected chi connectivity index (χ2v) is 7.81. The van der Waals surface area contributed by atoms with E-state index in [9.17, 15) is 8.42 Å². The minimum Gasteiger partial charge on any atom is -0.313 e. The summed E-state index contributed by atoms with van der Waals surface area (Å²) in [6.45, 7) is 1.41. The number of pyridine rings is 1. The van der Waals surface area contributed by atoms with E-state index in [1.807, 2.05) is 6.07 Å². The highest BCUT2D eigenvalue weighted by Gasteiger charge is 2.36. The lowest BCUT2D eigenvalue weighted by molar-refractivity contribution is 0.271. The van der Waals surface area contributed by atoms with Gasteiger partial charge in [-0.1, -0.05) is 35.3 Å². The molecule has 5 nitrogen and oxygen atoms in total. The van der Waals surface area contributed by atoms with Gasteiger partial charge in [0.2, 0.25) is 10.0 Å². The number of halogens is 2. The molecule has 1 aromatic heterocycles. The van der Waals surface area contributed by atoms with E-state index >= 15 is 0 Å². The van der Waals surface area contributed by atoms with Gasteiger partial charge in [-0.15, -0.1) is 0 Å². The summed E-state index contributed by atoms with van der Waals surface area (Å²) in [6.07, 6.45) is 3.33. The summed E-state index contributed by atoms with van der Waals surface area (Å²) in [4.78, 5) is 4.04. The highest BCUT2D eigenvalue weighted by molar-refractivity contribution is 7.89. The molecule has 23 heavy (non-hydrogen) atoms. The van der Waals surface area contributed by atoms with Crippen LogP contribution >= 0.6 is 23.2 Å². The Morgan fingerprint density at radius 1 is 1.17 bits per heavy atom. The second-order valence-electron chi connectivity index (χ2n) is 5.17. The Kier molecular flexibility index (Phi) is 4.89. The zero-order valence-corrected chi connectivity index (χ0v) is 14.4. The van der Waals surface area contributed by atoms with Crippen molar-refractivity contribution in [1.82, 2.24) is 14.6 Å². The highest BCUT2D eigenvalue weighted by Crippen LogP contribution is 2.35. The van der Waals surface area contributed by atoms with Gasteiger partial charge >= 0.3 is 0 Å². The number of hydrogen-bond acceptors (Lipinski definition) is 4. The first-order chi connectivity index (χ1) is 11.0. The number of rotatable bonds is 3. The van der Waals surface area contributed by atoms with E-state index in [0.717, 1.165) is 5.56 Å². The van der Waals surface area contributed by atoms with Crippen molar-refractivity contribution in [2.45, 2.75) is 10.9 Å². The van der Waals surface area contributed by atoms with Crippen molar-refractivity contribution in [3.05, 3.63) is 58.3 Å². The summed E-state index contributed by atoms with van der Waals surface area (Å²) >= 11 is 12.2. The molecule has 0 aliphatic carbocycles. The number of hydrogen-bond donors (Lipinski definition) is 1. The fourth-order valence-electron chi connectivity index (χ4n) is 2.68. The molecule has 8 heteroatoms. The predicted octanol–water partition coefficient (Wildman–Crippen LogP) is 2.72. The van der Waals surface area contributed by atoms with Gasteiger partial charge in [0.25, 0.3) is 0 Å². The van der Waals surface area contributed by atoms with Crippen LogP contribution < -0.4 is 5.32 Å². The molecule has 1 aromatic carbocycles. The molecule has 0 amide bonds. The molecular formula is C15H15Cl2N3O2S. The van der Waals surface area contributed by atoms with Crippen molar-refractivity contribution in [3.8, 4) is 0 Å². The van der Waals surface area contributed by atoms with Crippen LogP contribution in [0.2, 0.25) is 10.0 Å². The smallest absolute Gasteiger partial charge is 0.246 e. The number of sulfonamides is 1. The largest absolute Gasteiger partial charge is 0.313 e. The molecule has 2 aromatic rings. The molecule has 1 fully saturated rings. The second kappa shape index (κ2) is 6.75. The van der Waals surface area contributed by atoms with Gasteiger partial charge < -0.3 is 5.32 Å². The van der Waals surface area contributed by atoms with Gasteiger partial charge in [-0.25, -0.2) is 8.42 Å². The molecule has 1 aliphatic rings. The topological polar surface area (TPSA) is 62.3 Å². The number of benzene rings is 1. The molecule has 1 saturated heterocycles. The Balaban J connectivity index is 2.07. The first-order valence-electron chi connectivity index (χ1n) is 7.08. The maximum absolute atomic E-state index is 13.1. The van der Waals surface area contributed by atoms with Crippen molar-refractivity contribution in [3.63, 3.8) is 0 Å². The van der Waals surface area contributed by atoms with Crippen LogP contribution in [0.5, 0.6) is 0 Å².